The van der Waals surface area contributed by atoms with Crippen LogP contribution in [-0.2, 0) is 23.9 Å². The third-order valence-corrected chi connectivity index (χ3v) is 5.62. The lowest BCUT2D eigenvalue weighted by molar-refractivity contribution is -0.207. The summed E-state index contributed by atoms with van der Waals surface area (Å²) in [6.45, 7) is 0. The number of aliphatic hydroxyl groups is 2. The highest BCUT2D eigenvalue weighted by Crippen LogP contribution is 2.35. The maximum Gasteiger partial charge on any atom is 0.348 e. The molecule has 2 aromatic carbocycles. The summed E-state index contributed by atoms with van der Waals surface area (Å²) >= 11 is 0. The summed E-state index contributed by atoms with van der Waals surface area (Å²) in [6.07, 6.45) is -2.09. The minimum Gasteiger partial charge on any atom is -0.504 e. The van der Waals surface area contributed by atoms with Gasteiger partial charge in [-0.05, 0) is 47.5 Å². The lowest BCUT2D eigenvalue weighted by atomic mass is 9.79. The Morgan fingerprint density at radius 3 is 1.78 bits per heavy atom. The Hall–Kier alpha value is -4.55. The summed E-state index contributed by atoms with van der Waals surface area (Å²) in [4.78, 5) is 36.7. The molecule has 0 spiro atoms. The minimum absolute atomic E-state index is 0.288. The first kappa shape index (κ1) is 27.0. The number of phenols is 4. The van der Waals surface area contributed by atoms with Crippen molar-refractivity contribution in [2.45, 2.75) is 36.8 Å². The summed E-state index contributed by atoms with van der Waals surface area (Å²) in [6, 6.07) is 7.44. The van der Waals surface area contributed by atoms with Crippen molar-refractivity contribution in [2.24, 2.45) is 0 Å². The van der Waals surface area contributed by atoms with Gasteiger partial charge < -0.3 is 45.2 Å². The Balaban J connectivity index is 1.73. The fraction of sp³-hybridized carbons (Fsp3) is 0.240. The molecule has 4 atom stereocenters. The zero-order valence-corrected chi connectivity index (χ0v) is 19.1. The van der Waals surface area contributed by atoms with E-state index in [0.29, 0.717) is 5.56 Å². The number of aromatic hydroxyl groups is 4. The number of aliphatic hydroxyl groups excluding tert-OH is 2. The second kappa shape index (κ2) is 11.0. The molecule has 0 unspecified atom stereocenters. The van der Waals surface area contributed by atoms with Crippen molar-refractivity contribution < 1.29 is 59.6 Å². The Morgan fingerprint density at radius 1 is 0.784 bits per heavy atom. The van der Waals surface area contributed by atoms with Crippen LogP contribution in [0.25, 0.3) is 12.2 Å². The van der Waals surface area contributed by atoms with Crippen molar-refractivity contribution in [1.82, 2.24) is 0 Å². The fourth-order valence-corrected chi connectivity index (χ4v) is 3.68. The van der Waals surface area contributed by atoms with Gasteiger partial charge in [-0.15, -0.1) is 0 Å². The number of benzene rings is 2. The average Bonchev–Trinajstić information content (AvgIpc) is 2.83. The van der Waals surface area contributed by atoms with Gasteiger partial charge in [0, 0.05) is 25.0 Å². The molecule has 37 heavy (non-hydrogen) atoms. The second-order valence-electron chi connectivity index (χ2n) is 8.33. The molecular weight excluding hydrogens is 492 g/mol. The van der Waals surface area contributed by atoms with Gasteiger partial charge in [0.1, 0.15) is 12.2 Å². The summed E-state index contributed by atoms with van der Waals surface area (Å²) in [5.41, 5.74) is -1.73. The minimum atomic E-state index is -2.34. The first-order chi connectivity index (χ1) is 17.4. The summed E-state index contributed by atoms with van der Waals surface area (Å²) in [5.74, 6) is -5.41. The molecule has 0 bridgehead atoms. The van der Waals surface area contributed by atoms with E-state index in [1.165, 1.54) is 42.5 Å². The van der Waals surface area contributed by atoms with Crippen molar-refractivity contribution >= 4 is 30.1 Å². The third-order valence-electron chi connectivity index (χ3n) is 5.62. The quantitative estimate of drug-likeness (QED) is 0.156. The summed E-state index contributed by atoms with van der Waals surface area (Å²) in [5, 5.41) is 68.0. The number of carbonyl (C=O) groups excluding carboxylic acids is 2. The van der Waals surface area contributed by atoms with Crippen molar-refractivity contribution in [3.63, 3.8) is 0 Å². The Morgan fingerprint density at radius 2 is 1.30 bits per heavy atom. The van der Waals surface area contributed by atoms with E-state index in [1.807, 2.05) is 0 Å². The number of ether oxygens (including phenoxy) is 2. The topological polar surface area (TPSA) is 211 Å². The number of carboxylic acid groups (broad SMARTS) is 1. The SMILES string of the molecule is O=C(/C=C/c1ccc(O)c(O)c1)O[C@@H]1C[C@](OC(=O)/C=C/c2ccc(O)c(O)c2)(C(=O)O)C[C@@H](O)[C@@H]1O. The molecule has 12 heteroatoms. The van der Waals surface area contributed by atoms with Gasteiger partial charge in [0.2, 0.25) is 5.60 Å². The van der Waals surface area contributed by atoms with Crippen LogP contribution < -0.4 is 0 Å². The molecule has 1 aliphatic rings. The lowest BCUT2D eigenvalue weighted by Crippen LogP contribution is -2.58. The van der Waals surface area contributed by atoms with Crippen molar-refractivity contribution in [2.75, 3.05) is 0 Å². The van der Waals surface area contributed by atoms with Gasteiger partial charge in [-0.25, -0.2) is 14.4 Å². The van der Waals surface area contributed by atoms with Gasteiger partial charge in [0.25, 0.3) is 0 Å². The smallest absolute Gasteiger partial charge is 0.348 e. The number of hydrogen-bond acceptors (Lipinski definition) is 11. The summed E-state index contributed by atoms with van der Waals surface area (Å²) < 4.78 is 10.2. The van der Waals surface area contributed by atoms with E-state index >= 15 is 0 Å². The predicted octanol–water partition coefficient (Wildman–Crippen LogP) is 1.03. The van der Waals surface area contributed by atoms with Crippen LogP contribution in [0.2, 0.25) is 0 Å². The second-order valence-corrected chi connectivity index (χ2v) is 8.33. The molecule has 0 radical (unpaired) electrons. The largest absolute Gasteiger partial charge is 0.504 e. The van der Waals surface area contributed by atoms with Crippen LogP contribution >= 0.6 is 0 Å². The molecule has 12 nitrogen and oxygen atoms in total. The molecule has 196 valence electrons. The van der Waals surface area contributed by atoms with Gasteiger partial charge in [-0.2, -0.15) is 0 Å². The first-order valence-electron chi connectivity index (χ1n) is 10.8. The number of aliphatic carboxylic acids is 1. The highest BCUT2D eigenvalue weighted by molar-refractivity contribution is 5.91. The van der Waals surface area contributed by atoms with Crippen LogP contribution in [0.3, 0.4) is 0 Å². The highest BCUT2D eigenvalue weighted by atomic mass is 16.6. The standard InChI is InChI=1S/C25H24O12/c26-15-5-1-13(9-17(15)28)3-7-21(31)36-20-12-25(24(34)35,11-19(30)23(20)33)37-22(32)8-4-14-2-6-16(27)18(29)10-14/h1-10,19-20,23,26-30,33H,11-12H2,(H,34,35)/b7-3+,8-4+/t19-,20-,23+,25+/m1/s1. The van der Waals surface area contributed by atoms with E-state index in [1.54, 1.807) is 0 Å². The number of phenolic OH excluding ortho intramolecular Hbond substituents is 4. The monoisotopic (exact) mass is 516 g/mol. The highest BCUT2D eigenvalue weighted by Gasteiger charge is 2.54. The van der Waals surface area contributed by atoms with Gasteiger partial charge >= 0.3 is 17.9 Å². The molecule has 1 fully saturated rings. The molecule has 1 aliphatic carbocycles. The van der Waals surface area contributed by atoms with Crippen molar-refractivity contribution in [3.05, 3.63) is 59.7 Å². The molecule has 0 aromatic heterocycles. The zero-order chi connectivity index (χ0) is 27.3. The number of esters is 2. The van der Waals surface area contributed by atoms with Crippen molar-refractivity contribution in [3.8, 4) is 23.0 Å². The molecule has 1 saturated carbocycles. The molecule has 3 rings (SSSR count). The number of carboxylic acids is 1. The molecule has 2 aromatic rings. The van der Waals surface area contributed by atoms with Crippen LogP contribution in [0.1, 0.15) is 24.0 Å². The van der Waals surface area contributed by atoms with Crippen molar-refractivity contribution in [1.29, 1.82) is 0 Å². The first-order valence-corrected chi connectivity index (χ1v) is 10.8. The maximum absolute atomic E-state index is 12.4. The summed E-state index contributed by atoms with van der Waals surface area (Å²) in [7, 11) is 0. The lowest BCUT2D eigenvalue weighted by Gasteiger charge is -2.41. The molecule has 7 N–H and O–H groups in total. The Labute approximate surface area is 209 Å². The van der Waals surface area contributed by atoms with E-state index in [9.17, 15) is 50.1 Å². The normalized spacial score (nSPS) is 23.7. The average molecular weight is 516 g/mol. The fourth-order valence-electron chi connectivity index (χ4n) is 3.68. The van der Waals surface area contributed by atoms with Crippen LogP contribution in [0.5, 0.6) is 23.0 Å². The van der Waals surface area contributed by atoms with Gasteiger partial charge in [-0.3, -0.25) is 0 Å². The number of hydrogen-bond donors (Lipinski definition) is 7. The zero-order valence-electron chi connectivity index (χ0n) is 19.1. The van der Waals surface area contributed by atoms with E-state index in [-0.39, 0.29) is 17.1 Å². The molecule has 0 saturated heterocycles. The van der Waals surface area contributed by atoms with E-state index in [2.05, 4.69) is 0 Å². The van der Waals surface area contributed by atoms with Crippen LogP contribution in [0.15, 0.2) is 48.6 Å². The van der Waals surface area contributed by atoms with E-state index in [0.717, 1.165) is 18.2 Å². The molecular formula is C25H24O12. The maximum atomic E-state index is 12.4. The molecule has 0 amide bonds. The van der Waals surface area contributed by atoms with E-state index in [4.69, 9.17) is 9.47 Å². The van der Waals surface area contributed by atoms with Gasteiger partial charge in [-0.1, -0.05) is 12.1 Å². The molecule has 0 aliphatic heterocycles. The number of carbonyl (C=O) groups is 3. The molecule has 0 heterocycles. The van der Waals surface area contributed by atoms with Gasteiger partial charge in [0.05, 0.1) is 6.10 Å². The van der Waals surface area contributed by atoms with Crippen LogP contribution in [-0.4, -0.2) is 77.6 Å². The number of rotatable bonds is 7. The predicted molar refractivity (Wildman–Crippen MR) is 125 cm³/mol. The Kier molecular flexibility index (Phi) is 8.05. The Bertz CT molecular complexity index is 1250. The van der Waals surface area contributed by atoms with Crippen LogP contribution in [0.4, 0.5) is 0 Å². The van der Waals surface area contributed by atoms with Crippen LogP contribution in [0, 0.1) is 0 Å². The van der Waals surface area contributed by atoms with E-state index < -0.39 is 66.2 Å². The third kappa shape index (κ3) is 6.57. The van der Waals surface area contributed by atoms with Gasteiger partial charge in [0.15, 0.2) is 23.0 Å².